The molecule has 1 radical (unpaired) electrons. The molecule has 0 heterocycles. The van der Waals surface area contributed by atoms with Gasteiger partial charge < -0.3 is 5.32 Å². The number of nitrogens with one attached hydrogen (secondary N) is 1. The summed E-state index contributed by atoms with van der Waals surface area (Å²) in [4.78, 5) is 20.5. The second kappa shape index (κ2) is 6.93. The average Bonchev–Trinajstić information content (AvgIpc) is 1.63. The zero-order valence-corrected chi connectivity index (χ0v) is 6.97. The van der Waals surface area contributed by atoms with Gasteiger partial charge in [0, 0.05) is 17.1 Å². The average molecular weight is 193 g/mol. The zero-order valence-electron chi connectivity index (χ0n) is 6.03. The summed E-state index contributed by atoms with van der Waals surface area (Å²) in [6.45, 7) is 3.54. The molecule has 0 bridgehead atoms. The van der Waals surface area contributed by atoms with Crippen molar-refractivity contribution in [2.24, 2.45) is 0 Å². The van der Waals surface area contributed by atoms with Crippen molar-refractivity contribution in [3.63, 3.8) is 0 Å². The van der Waals surface area contributed by atoms with Gasteiger partial charge in [-0.05, 0) is 13.8 Å². The second-order valence-electron chi connectivity index (χ2n) is 2.01. The molecule has 0 aromatic rings. The third-order valence-electron chi connectivity index (χ3n) is 0.748. The summed E-state index contributed by atoms with van der Waals surface area (Å²) >= 11 is 0. The monoisotopic (exact) mass is 192 g/mol. The Kier molecular flexibility index (Phi) is 8.66. The van der Waals surface area contributed by atoms with Gasteiger partial charge in [-0.3, -0.25) is 9.59 Å². The first kappa shape index (κ1) is 12.5. The van der Waals surface area contributed by atoms with Crippen LogP contribution in [0.25, 0.3) is 0 Å². The second-order valence-corrected chi connectivity index (χ2v) is 2.01. The smallest absolute Gasteiger partial charge is 0.143 e. The van der Waals surface area contributed by atoms with Crippen molar-refractivity contribution in [1.82, 2.24) is 5.32 Å². The largest absolute Gasteiger partial charge is 0.303 e. The SMILES string of the molecule is CC(=O)CNCC(C)=O.[Cu]. The van der Waals surface area contributed by atoms with Crippen LogP contribution in [0.3, 0.4) is 0 Å². The molecule has 0 saturated heterocycles. The van der Waals surface area contributed by atoms with E-state index in [0.29, 0.717) is 13.1 Å². The molecule has 0 rings (SSSR count). The molecule has 0 aromatic heterocycles. The molecule has 0 aliphatic rings. The molecule has 0 saturated carbocycles. The summed E-state index contributed by atoms with van der Waals surface area (Å²) in [5.41, 5.74) is 0. The first-order valence-electron chi connectivity index (χ1n) is 2.82. The van der Waals surface area contributed by atoms with Crippen molar-refractivity contribution in [1.29, 1.82) is 0 Å². The van der Waals surface area contributed by atoms with Crippen molar-refractivity contribution in [3.8, 4) is 0 Å². The summed E-state index contributed by atoms with van der Waals surface area (Å²) < 4.78 is 0. The Morgan fingerprint density at radius 1 is 1.10 bits per heavy atom. The van der Waals surface area contributed by atoms with Gasteiger partial charge in [-0.25, -0.2) is 0 Å². The first-order valence-corrected chi connectivity index (χ1v) is 2.82. The minimum atomic E-state index is 0. The van der Waals surface area contributed by atoms with Gasteiger partial charge in [0.2, 0.25) is 0 Å². The molecule has 0 aliphatic carbocycles. The normalized spacial score (nSPS) is 8.20. The summed E-state index contributed by atoms with van der Waals surface area (Å²) in [5, 5.41) is 2.69. The minimum absolute atomic E-state index is 0. The maximum Gasteiger partial charge on any atom is 0.143 e. The van der Waals surface area contributed by atoms with Gasteiger partial charge in [-0.2, -0.15) is 0 Å². The van der Waals surface area contributed by atoms with Crippen LogP contribution in [0.2, 0.25) is 0 Å². The van der Waals surface area contributed by atoms with Crippen LogP contribution in [0.5, 0.6) is 0 Å². The van der Waals surface area contributed by atoms with E-state index in [2.05, 4.69) is 5.32 Å². The van der Waals surface area contributed by atoms with Crippen molar-refractivity contribution < 1.29 is 26.7 Å². The van der Waals surface area contributed by atoms with Crippen molar-refractivity contribution in [2.45, 2.75) is 13.8 Å². The Labute approximate surface area is 71.0 Å². The number of carbonyl (C=O) groups is 2. The summed E-state index contributed by atoms with van der Waals surface area (Å²) in [6.07, 6.45) is 0. The molecule has 0 fully saturated rings. The van der Waals surface area contributed by atoms with Gasteiger partial charge in [0.05, 0.1) is 13.1 Å². The van der Waals surface area contributed by atoms with Crippen molar-refractivity contribution in [2.75, 3.05) is 13.1 Å². The van der Waals surface area contributed by atoms with E-state index < -0.39 is 0 Å². The molecule has 1 N–H and O–H groups in total. The summed E-state index contributed by atoms with van der Waals surface area (Å²) in [6, 6.07) is 0. The molecule has 3 nitrogen and oxygen atoms in total. The molecule has 0 aromatic carbocycles. The van der Waals surface area contributed by atoms with Gasteiger partial charge in [0.15, 0.2) is 0 Å². The van der Waals surface area contributed by atoms with Crippen LogP contribution < -0.4 is 5.32 Å². The van der Waals surface area contributed by atoms with E-state index in [9.17, 15) is 9.59 Å². The van der Waals surface area contributed by atoms with Crippen LogP contribution in [0.15, 0.2) is 0 Å². The maximum absolute atomic E-state index is 10.3. The van der Waals surface area contributed by atoms with E-state index >= 15 is 0 Å². The molecular formula is C6H11CuNO2. The molecule has 10 heavy (non-hydrogen) atoms. The molecule has 4 heteroatoms. The predicted molar refractivity (Wildman–Crippen MR) is 34.2 cm³/mol. The standard InChI is InChI=1S/C6H11NO2.Cu/c1-5(8)3-7-4-6(2)9;/h7H,3-4H2,1-2H3;. The molecule has 0 amide bonds. The first-order chi connectivity index (χ1) is 4.13. The van der Waals surface area contributed by atoms with Crippen LogP contribution in [0.1, 0.15) is 13.8 Å². The number of ketones is 2. The van der Waals surface area contributed by atoms with Crippen LogP contribution in [0.4, 0.5) is 0 Å². The topological polar surface area (TPSA) is 46.2 Å². The quantitative estimate of drug-likeness (QED) is 0.625. The van der Waals surface area contributed by atoms with E-state index in [4.69, 9.17) is 0 Å². The Morgan fingerprint density at radius 3 is 1.60 bits per heavy atom. The maximum atomic E-state index is 10.3. The Balaban J connectivity index is 0. The van der Waals surface area contributed by atoms with Gasteiger partial charge in [0.25, 0.3) is 0 Å². The number of carbonyl (C=O) groups excluding carboxylic acids is 2. The fourth-order valence-corrected chi connectivity index (χ4v) is 0.415. The van der Waals surface area contributed by atoms with Crippen molar-refractivity contribution >= 4 is 11.6 Å². The summed E-state index contributed by atoms with van der Waals surface area (Å²) in [5.74, 6) is 0.104. The Morgan fingerprint density at radius 2 is 1.40 bits per heavy atom. The van der Waals surface area contributed by atoms with Crippen molar-refractivity contribution in [3.05, 3.63) is 0 Å². The Bertz CT molecular complexity index is 111. The number of Topliss-reactive ketones (excluding diaryl/α,β-unsaturated/α-hetero) is 2. The number of rotatable bonds is 4. The predicted octanol–water partition coefficient (Wildman–Crippen LogP) is -0.248. The van der Waals surface area contributed by atoms with E-state index in [1.165, 1.54) is 13.8 Å². The van der Waals surface area contributed by atoms with E-state index in [-0.39, 0.29) is 28.6 Å². The molecule has 63 valence electrons. The molecule has 0 unspecified atom stereocenters. The molecular weight excluding hydrogens is 182 g/mol. The summed E-state index contributed by atoms with van der Waals surface area (Å²) in [7, 11) is 0. The molecule has 0 aliphatic heterocycles. The van der Waals surface area contributed by atoms with E-state index in [1.807, 2.05) is 0 Å². The van der Waals surface area contributed by atoms with Gasteiger partial charge in [-0.15, -0.1) is 0 Å². The van der Waals surface area contributed by atoms with Gasteiger partial charge in [0.1, 0.15) is 11.6 Å². The zero-order chi connectivity index (χ0) is 7.28. The third kappa shape index (κ3) is 10.7. The van der Waals surface area contributed by atoms with Crippen LogP contribution >= 0.6 is 0 Å². The van der Waals surface area contributed by atoms with Gasteiger partial charge in [-0.1, -0.05) is 0 Å². The fraction of sp³-hybridized carbons (Fsp3) is 0.667. The third-order valence-corrected chi connectivity index (χ3v) is 0.748. The number of hydrogen-bond acceptors (Lipinski definition) is 3. The van der Waals surface area contributed by atoms with Crippen LogP contribution in [-0.4, -0.2) is 24.7 Å². The molecule has 0 spiro atoms. The number of hydrogen-bond donors (Lipinski definition) is 1. The van der Waals surface area contributed by atoms with Crippen LogP contribution in [-0.2, 0) is 26.7 Å². The van der Waals surface area contributed by atoms with Crippen LogP contribution in [0, 0.1) is 0 Å². The Hall–Kier alpha value is -0.181. The fourth-order valence-electron chi connectivity index (χ4n) is 0.415. The van der Waals surface area contributed by atoms with E-state index in [1.54, 1.807) is 0 Å². The minimum Gasteiger partial charge on any atom is -0.303 e. The van der Waals surface area contributed by atoms with Gasteiger partial charge >= 0.3 is 0 Å². The van der Waals surface area contributed by atoms with E-state index in [0.717, 1.165) is 0 Å². The molecule has 0 atom stereocenters.